The fraction of sp³-hybridized carbons (Fsp3) is 0.522. The molecule has 0 aromatic carbocycles. The Morgan fingerprint density at radius 1 is 1.25 bits per heavy atom. The number of Topliss-reactive ketones (excluding diaryl/α,β-unsaturated/α-hetero) is 1. The van der Waals surface area contributed by atoms with Gasteiger partial charge in [-0.05, 0) is 56.9 Å². The number of nitrogens with two attached hydrogens (primary N) is 1. The van der Waals surface area contributed by atoms with Crippen molar-refractivity contribution in [2.24, 2.45) is 5.92 Å². The van der Waals surface area contributed by atoms with E-state index in [1.165, 1.54) is 18.2 Å². The average Bonchev–Trinajstić information content (AvgIpc) is 3.34. The predicted molar refractivity (Wildman–Crippen MR) is 123 cm³/mol. The molecule has 0 spiro atoms. The highest BCUT2D eigenvalue weighted by Gasteiger charge is 2.39. The number of carbonyl (C=O) groups is 1. The first-order chi connectivity index (χ1) is 15.1. The van der Waals surface area contributed by atoms with Gasteiger partial charge in [0.05, 0.1) is 12.2 Å². The lowest BCUT2D eigenvalue weighted by Crippen LogP contribution is -2.40. The second-order valence-electron chi connectivity index (χ2n) is 9.48. The highest BCUT2D eigenvalue weighted by molar-refractivity contribution is 7.92. The number of hydrogen-bond acceptors (Lipinski definition) is 8. The molecule has 4 heterocycles. The Kier molecular flexibility index (Phi) is 5.98. The van der Waals surface area contributed by atoms with Crippen LogP contribution in [0.1, 0.15) is 55.6 Å². The highest BCUT2D eigenvalue weighted by Crippen LogP contribution is 2.38. The SMILES string of the molecule is C[C@@H]1CN(c2nc(C3CCOC3)ccc2C(=O)CS(=O)(=O)c2cccc(N)n2)C(C)(C)C1. The standard InChI is InChI=1S/C23H30N4O4S/c1-15-11-23(2,3)27(12-15)22-17(7-8-18(25-22)16-9-10-31-13-16)19(28)14-32(29,30)21-6-4-5-20(24)26-21/h4-8,15-16H,9-14H2,1-3H3,(H2,24,26)/t15-,16?/m0/s1. The van der Waals surface area contributed by atoms with E-state index in [0.29, 0.717) is 30.5 Å². The molecule has 2 atom stereocenters. The minimum atomic E-state index is -3.94. The number of nitrogen functional groups attached to an aromatic ring is 1. The normalized spacial score (nSPS) is 22.9. The molecule has 172 valence electrons. The van der Waals surface area contributed by atoms with Gasteiger partial charge in [-0.15, -0.1) is 0 Å². The second kappa shape index (κ2) is 8.44. The zero-order valence-electron chi connectivity index (χ0n) is 18.7. The van der Waals surface area contributed by atoms with Gasteiger partial charge < -0.3 is 15.4 Å². The van der Waals surface area contributed by atoms with Gasteiger partial charge in [-0.1, -0.05) is 13.0 Å². The predicted octanol–water partition coefficient (Wildman–Crippen LogP) is 2.84. The van der Waals surface area contributed by atoms with Gasteiger partial charge in [0, 0.05) is 30.3 Å². The first-order valence-electron chi connectivity index (χ1n) is 10.9. The van der Waals surface area contributed by atoms with E-state index >= 15 is 0 Å². The van der Waals surface area contributed by atoms with E-state index in [4.69, 9.17) is 15.5 Å². The molecule has 0 saturated carbocycles. The number of nitrogens with zero attached hydrogens (tertiary/aromatic N) is 3. The number of ether oxygens (including phenoxy) is 1. The van der Waals surface area contributed by atoms with Gasteiger partial charge in [-0.3, -0.25) is 4.79 Å². The summed E-state index contributed by atoms with van der Waals surface area (Å²) in [5.41, 5.74) is 6.64. The van der Waals surface area contributed by atoms with Crippen LogP contribution in [-0.4, -0.2) is 55.2 Å². The Hall–Kier alpha value is -2.52. The molecule has 0 aliphatic carbocycles. The lowest BCUT2D eigenvalue weighted by Gasteiger charge is -2.34. The van der Waals surface area contributed by atoms with Crippen LogP contribution in [0, 0.1) is 5.92 Å². The summed E-state index contributed by atoms with van der Waals surface area (Å²) in [7, 11) is -3.94. The molecule has 32 heavy (non-hydrogen) atoms. The molecule has 0 amide bonds. The van der Waals surface area contributed by atoms with E-state index < -0.39 is 21.4 Å². The van der Waals surface area contributed by atoms with Gasteiger partial charge in [0.25, 0.3) is 0 Å². The van der Waals surface area contributed by atoms with Crippen molar-refractivity contribution < 1.29 is 17.9 Å². The van der Waals surface area contributed by atoms with Crippen LogP contribution >= 0.6 is 0 Å². The number of ketones is 1. The molecular formula is C23H30N4O4S. The number of carbonyl (C=O) groups excluding carboxylic acids is 1. The van der Waals surface area contributed by atoms with Gasteiger partial charge in [0.2, 0.25) is 9.84 Å². The molecule has 2 saturated heterocycles. The maximum Gasteiger partial charge on any atom is 0.203 e. The van der Waals surface area contributed by atoms with Gasteiger partial charge in [-0.2, -0.15) is 0 Å². The number of aromatic nitrogens is 2. The zero-order chi connectivity index (χ0) is 23.1. The summed E-state index contributed by atoms with van der Waals surface area (Å²) in [5.74, 6) is 0.0886. The molecule has 2 N–H and O–H groups in total. The first-order valence-corrected chi connectivity index (χ1v) is 12.6. The molecule has 2 aliphatic rings. The lowest BCUT2D eigenvalue weighted by molar-refractivity contribution is 0.102. The van der Waals surface area contributed by atoms with Crippen molar-refractivity contribution in [2.45, 2.75) is 50.1 Å². The monoisotopic (exact) mass is 458 g/mol. The van der Waals surface area contributed by atoms with Gasteiger partial charge in [-0.25, -0.2) is 18.4 Å². The molecule has 8 nitrogen and oxygen atoms in total. The van der Waals surface area contributed by atoms with Crippen LogP contribution in [0.2, 0.25) is 0 Å². The number of sulfone groups is 1. The van der Waals surface area contributed by atoms with Crippen molar-refractivity contribution in [1.29, 1.82) is 0 Å². The third kappa shape index (κ3) is 4.49. The molecule has 9 heteroatoms. The fourth-order valence-electron chi connectivity index (χ4n) is 4.77. The average molecular weight is 459 g/mol. The van der Waals surface area contributed by atoms with E-state index in [9.17, 15) is 13.2 Å². The Labute approximate surface area is 189 Å². The zero-order valence-corrected chi connectivity index (χ0v) is 19.6. The first kappa shape index (κ1) is 22.7. The topological polar surface area (TPSA) is 115 Å². The number of hydrogen-bond donors (Lipinski definition) is 1. The van der Waals surface area contributed by atoms with Gasteiger partial charge >= 0.3 is 0 Å². The van der Waals surface area contributed by atoms with Crippen LogP contribution in [-0.2, 0) is 14.6 Å². The van der Waals surface area contributed by atoms with Crippen LogP contribution in [0.25, 0.3) is 0 Å². The Bertz CT molecular complexity index is 1130. The van der Waals surface area contributed by atoms with Crippen molar-refractivity contribution >= 4 is 27.3 Å². The molecule has 2 fully saturated rings. The summed E-state index contributed by atoms with van der Waals surface area (Å²) in [4.78, 5) is 24.2. The van der Waals surface area contributed by atoms with E-state index in [2.05, 4.69) is 30.7 Å². The minimum Gasteiger partial charge on any atom is -0.384 e. The van der Waals surface area contributed by atoms with Gasteiger partial charge in [0.15, 0.2) is 10.8 Å². The third-order valence-electron chi connectivity index (χ3n) is 6.26. The Morgan fingerprint density at radius 2 is 2.03 bits per heavy atom. The Morgan fingerprint density at radius 3 is 2.66 bits per heavy atom. The summed E-state index contributed by atoms with van der Waals surface area (Å²) in [6.07, 6.45) is 1.85. The summed E-state index contributed by atoms with van der Waals surface area (Å²) in [6, 6.07) is 7.92. The second-order valence-corrected chi connectivity index (χ2v) is 11.4. The smallest absolute Gasteiger partial charge is 0.203 e. The van der Waals surface area contributed by atoms with E-state index in [0.717, 1.165) is 25.1 Å². The molecule has 0 bridgehead atoms. The minimum absolute atomic E-state index is 0.0943. The fourth-order valence-corrected chi connectivity index (χ4v) is 5.95. The van der Waals surface area contributed by atoms with Crippen molar-refractivity contribution in [3.05, 3.63) is 41.6 Å². The van der Waals surface area contributed by atoms with E-state index in [1.54, 1.807) is 6.07 Å². The summed E-state index contributed by atoms with van der Waals surface area (Å²) >= 11 is 0. The molecule has 0 radical (unpaired) electrons. The molecule has 2 aliphatic heterocycles. The molecule has 2 aromatic rings. The van der Waals surface area contributed by atoms with Crippen LogP contribution in [0.5, 0.6) is 0 Å². The molecule has 2 aromatic heterocycles. The number of anilines is 2. The van der Waals surface area contributed by atoms with Crippen LogP contribution < -0.4 is 10.6 Å². The van der Waals surface area contributed by atoms with Crippen molar-refractivity contribution in [3.63, 3.8) is 0 Å². The maximum absolute atomic E-state index is 13.3. The summed E-state index contributed by atoms with van der Waals surface area (Å²) < 4.78 is 31.3. The number of pyridine rings is 2. The number of rotatable bonds is 6. The van der Waals surface area contributed by atoms with Gasteiger partial charge in [0.1, 0.15) is 17.4 Å². The van der Waals surface area contributed by atoms with E-state index in [-0.39, 0.29) is 22.3 Å². The van der Waals surface area contributed by atoms with E-state index in [1.807, 2.05) is 6.07 Å². The maximum atomic E-state index is 13.3. The quantitative estimate of drug-likeness (QED) is 0.657. The molecule has 1 unspecified atom stereocenters. The third-order valence-corrected chi connectivity index (χ3v) is 7.77. The summed E-state index contributed by atoms with van der Waals surface area (Å²) in [6.45, 7) is 8.49. The highest BCUT2D eigenvalue weighted by atomic mass is 32.2. The summed E-state index contributed by atoms with van der Waals surface area (Å²) in [5, 5.41) is -0.199. The lowest BCUT2D eigenvalue weighted by atomic mass is 9.97. The van der Waals surface area contributed by atoms with Crippen LogP contribution in [0.4, 0.5) is 11.6 Å². The van der Waals surface area contributed by atoms with Crippen molar-refractivity contribution in [2.75, 3.05) is 36.1 Å². The van der Waals surface area contributed by atoms with Crippen molar-refractivity contribution in [3.8, 4) is 0 Å². The van der Waals surface area contributed by atoms with Crippen LogP contribution in [0.15, 0.2) is 35.4 Å². The van der Waals surface area contributed by atoms with Crippen molar-refractivity contribution in [1.82, 2.24) is 9.97 Å². The largest absolute Gasteiger partial charge is 0.384 e. The molecular weight excluding hydrogens is 428 g/mol. The molecule has 4 rings (SSSR count). The van der Waals surface area contributed by atoms with Crippen LogP contribution in [0.3, 0.4) is 0 Å². The Balaban J connectivity index is 1.71.